The van der Waals surface area contributed by atoms with E-state index in [0.717, 1.165) is 28.3 Å². The van der Waals surface area contributed by atoms with Gasteiger partial charge < -0.3 is 10.1 Å². The van der Waals surface area contributed by atoms with Crippen molar-refractivity contribution in [3.05, 3.63) is 94.4 Å². The third-order valence-corrected chi connectivity index (χ3v) is 5.73. The second-order valence-electron chi connectivity index (χ2n) is 8.30. The number of carbonyl (C=O) groups excluding carboxylic acids is 3. The Morgan fingerprint density at radius 1 is 0.943 bits per heavy atom. The molecule has 2 heterocycles. The Morgan fingerprint density at radius 2 is 1.66 bits per heavy atom. The number of rotatable bonds is 8. The lowest BCUT2D eigenvalue weighted by molar-refractivity contribution is -0.142. The first kappa shape index (κ1) is 23.8. The minimum Gasteiger partial charge on any atom is -0.457 e. The van der Waals surface area contributed by atoms with Crippen molar-refractivity contribution in [1.29, 1.82) is 0 Å². The van der Waals surface area contributed by atoms with Crippen LogP contribution >= 0.6 is 0 Å². The van der Waals surface area contributed by atoms with Crippen LogP contribution in [0.1, 0.15) is 49.8 Å². The van der Waals surface area contributed by atoms with E-state index in [-0.39, 0.29) is 24.7 Å². The molecule has 0 bridgehead atoms. The molecule has 0 fully saturated rings. The molecule has 35 heavy (non-hydrogen) atoms. The lowest BCUT2D eigenvalue weighted by Crippen LogP contribution is -2.16. The van der Waals surface area contributed by atoms with E-state index in [0.29, 0.717) is 23.2 Å². The normalized spacial score (nSPS) is 10.8. The Morgan fingerprint density at radius 3 is 2.37 bits per heavy atom. The number of esters is 1. The lowest BCUT2D eigenvalue weighted by Gasteiger charge is -2.11. The fourth-order valence-corrected chi connectivity index (χ4v) is 3.86. The van der Waals surface area contributed by atoms with Crippen molar-refractivity contribution >= 4 is 29.0 Å². The number of nitrogens with zero attached hydrogens (tertiary/aromatic N) is 3. The van der Waals surface area contributed by atoms with E-state index in [4.69, 9.17) is 4.74 Å². The zero-order valence-corrected chi connectivity index (χ0v) is 19.9. The van der Waals surface area contributed by atoms with Gasteiger partial charge in [0.2, 0.25) is 0 Å². The van der Waals surface area contributed by atoms with Gasteiger partial charge in [-0.25, -0.2) is 9.50 Å². The van der Waals surface area contributed by atoms with E-state index >= 15 is 0 Å². The molecule has 0 aliphatic carbocycles. The third kappa shape index (κ3) is 5.60. The molecule has 0 saturated heterocycles. The van der Waals surface area contributed by atoms with Gasteiger partial charge in [-0.3, -0.25) is 14.4 Å². The largest absolute Gasteiger partial charge is 0.457 e. The molecule has 0 spiro atoms. The number of aryl methyl sites for hydroxylation is 3. The molecule has 2 aromatic carbocycles. The third-order valence-electron chi connectivity index (χ3n) is 5.73. The number of hydrogen-bond acceptors (Lipinski definition) is 6. The summed E-state index contributed by atoms with van der Waals surface area (Å²) >= 11 is 0. The predicted molar refractivity (Wildman–Crippen MR) is 132 cm³/mol. The van der Waals surface area contributed by atoms with Gasteiger partial charge in [0.1, 0.15) is 0 Å². The number of ether oxygens (including phenoxy) is 1. The van der Waals surface area contributed by atoms with Gasteiger partial charge in [0.05, 0.1) is 5.69 Å². The molecule has 1 N–H and O–H groups in total. The second kappa shape index (κ2) is 10.3. The number of fused-ring (bicyclic) bond motifs is 1. The fourth-order valence-electron chi connectivity index (χ4n) is 3.86. The van der Waals surface area contributed by atoms with Crippen LogP contribution in [0.15, 0.2) is 60.7 Å². The first-order valence-corrected chi connectivity index (χ1v) is 11.3. The highest BCUT2D eigenvalue weighted by atomic mass is 16.5. The van der Waals surface area contributed by atoms with Crippen LogP contribution in [-0.2, 0) is 16.0 Å². The summed E-state index contributed by atoms with van der Waals surface area (Å²) < 4.78 is 6.98. The van der Waals surface area contributed by atoms with Gasteiger partial charge in [-0.05, 0) is 69.2 Å². The van der Waals surface area contributed by atoms with E-state index < -0.39 is 5.97 Å². The highest BCUT2D eigenvalue weighted by Gasteiger charge is 2.15. The van der Waals surface area contributed by atoms with Crippen molar-refractivity contribution in [1.82, 2.24) is 14.6 Å². The molecular formula is C27H26N4O4. The summed E-state index contributed by atoms with van der Waals surface area (Å²) in [6.45, 7) is 5.42. The summed E-state index contributed by atoms with van der Waals surface area (Å²) in [5.74, 6) is -1.01. The molecule has 2 aromatic heterocycles. The van der Waals surface area contributed by atoms with Gasteiger partial charge in [-0.15, -0.1) is 0 Å². The number of anilines is 1. The van der Waals surface area contributed by atoms with Crippen molar-refractivity contribution < 1.29 is 19.1 Å². The molecule has 178 valence electrons. The van der Waals surface area contributed by atoms with Crippen LogP contribution < -0.4 is 5.32 Å². The number of hydrogen-bond donors (Lipinski definition) is 1. The number of amides is 1. The van der Waals surface area contributed by atoms with Gasteiger partial charge in [-0.2, -0.15) is 5.10 Å². The Balaban J connectivity index is 1.29. The molecule has 8 heteroatoms. The summed E-state index contributed by atoms with van der Waals surface area (Å²) in [6.07, 6.45) is 0.579. The summed E-state index contributed by atoms with van der Waals surface area (Å²) in [6, 6.07) is 17.2. The maximum Gasteiger partial charge on any atom is 0.306 e. The molecule has 4 rings (SSSR count). The number of Topliss-reactive ketones (excluding diaryl/α,β-unsaturated/α-hetero) is 1. The molecule has 0 radical (unpaired) electrons. The van der Waals surface area contributed by atoms with Crippen LogP contribution in [0.4, 0.5) is 5.69 Å². The van der Waals surface area contributed by atoms with Crippen LogP contribution in [-0.4, -0.2) is 38.9 Å². The average Bonchev–Trinajstić information content (AvgIpc) is 3.23. The van der Waals surface area contributed by atoms with E-state index in [1.807, 2.05) is 32.9 Å². The molecule has 0 saturated carbocycles. The zero-order chi connectivity index (χ0) is 24.9. The first-order chi connectivity index (χ1) is 16.8. The minimum absolute atomic E-state index is 0.132. The highest BCUT2D eigenvalue weighted by molar-refractivity contribution is 6.04. The Bertz CT molecular complexity index is 1390. The maximum atomic E-state index is 12.4. The van der Waals surface area contributed by atoms with Crippen molar-refractivity contribution in [2.45, 2.75) is 33.6 Å². The van der Waals surface area contributed by atoms with Crippen LogP contribution in [0, 0.1) is 20.8 Å². The molecule has 4 aromatic rings. The molecule has 8 nitrogen and oxygen atoms in total. The zero-order valence-electron chi connectivity index (χ0n) is 19.9. The van der Waals surface area contributed by atoms with Gasteiger partial charge in [-0.1, -0.05) is 18.2 Å². The van der Waals surface area contributed by atoms with Gasteiger partial charge in [0.15, 0.2) is 18.0 Å². The second-order valence-corrected chi connectivity index (χ2v) is 8.30. The summed E-state index contributed by atoms with van der Waals surface area (Å²) in [4.78, 5) is 41.5. The standard InChI is InChI=1S/C27H26N4O4/c1-17-15-25-28-18(2)23(19(3)31(25)30-17)13-14-26(33)35-16-24(32)20-9-11-22(12-10-20)29-27(34)21-7-5-4-6-8-21/h4-12,15H,13-14,16H2,1-3H3,(H,29,34). The predicted octanol–water partition coefficient (Wildman–Crippen LogP) is 4.27. The van der Waals surface area contributed by atoms with E-state index in [2.05, 4.69) is 15.4 Å². The molecular weight excluding hydrogens is 444 g/mol. The monoisotopic (exact) mass is 470 g/mol. The van der Waals surface area contributed by atoms with Crippen molar-refractivity contribution in [3.8, 4) is 0 Å². The number of ketones is 1. The Hall–Kier alpha value is -4.33. The quantitative estimate of drug-likeness (QED) is 0.305. The topological polar surface area (TPSA) is 103 Å². The summed E-state index contributed by atoms with van der Waals surface area (Å²) in [5.41, 5.74) is 5.88. The minimum atomic E-state index is -0.458. The summed E-state index contributed by atoms with van der Waals surface area (Å²) in [7, 11) is 0. The van der Waals surface area contributed by atoms with Crippen LogP contribution in [0.3, 0.4) is 0 Å². The molecule has 1 amide bonds. The van der Waals surface area contributed by atoms with E-state index in [9.17, 15) is 14.4 Å². The first-order valence-electron chi connectivity index (χ1n) is 11.3. The van der Waals surface area contributed by atoms with E-state index in [1.165, 1.54) is 0 Å². The van der Waals surface area contributed by atoms with Crippen LogP contribution in [0.5, 0.6) is 0 Å². The number of benzene rings is 2. The Kier molecular flexibility index (Phi) is 7.01. The molecule has 0 aliphatic rings. The SMILES string of the molecule is Cc1cc2nc(C)c(CCC(=O)OCC(=O)c3ccc(NC(=O)c4ccccc4)cc3)c(C)n2n1. The fraction of sp³-hybridized carbons (Fsp3) is 0.222. The van der Waals surface area contributed by atoms with Gasteiger partial charge in [0.25, 0.3) is 5.91 Å². The van der Waals surface area contributed by atoms with Crippen LogP contribution in [0.2, 0.25) is 0 Å². The maximum absolute atomic E-state index is 12.4. The van der Waals surface area contributed by atoms with Crippen LogP contribution in [0.25, 0.3) is 5.65 Å². The number of nitrogens with one attached hydrogen (secondary N) is 1. The van der Waals surface area contributed by atoms with Crippen molar-refractivity contribution in [2.75, 3.05) is 11.9 Å². The van der Waals surface area contributed by atoms with Gasteiger partial charge >= 0.3 is 5.97 Å². The molecule has 0 unspecified atom stereocenters. The summed E-state index contributed by atoms with van der Waals surface area (Å²) in [5, 5.41) is 7.22. The van der Waals surface area contributed by atoms with Crippen molar-refractivity contribution in [3.63, 3.8) is 0 Å². The highest BCUT2D eigenvalue weighted by Crippen LogP contribution is 2.17. The van der Waals surface area contributed by atoms with Crippen molar-refractivity contribution in [2.24, 2.45) is 0 Å². The lowest BCUT2D eigenvalue weighted by atomic mass is 10.1. The smallest absolute Gasteiger partial charge is 0.306 e. The number of aromatic nitrogens is 3. The average molecular weight is 471 g/mol. The number of carbonyl (C=O) groups is 3. The van der Waals surface area contributed by atoms with E-state index in [1.54, 1.807) is 53.0 Å². The Labute approximate surface area is 203 Å². The molecule has 0 aliphatic heterocycles. The molecule has 0 atom stereocenters. The van der Waals surface area contributed by atoms with Gasteiger partial charge in [0, 0.05) is 40.7 Å².